The highest BCUT2D eigenvalue weighted by atomic mass is 16.2. The summed E-state index contributed by atoms with van der Waals surface area (Å²) in [4.78, 5) is 29.5. The summed E-state index contributed by atoms with van der Waals surface area (Å²) in [6.07, 6.45) is 5.48. The van der Waals surface area contributed by atoms with Crippen molar-refractivity contribution in [2.75, 3.05) is 24.5 Å². The van der Waals surface area contributed by atoms with Gasteiger partial charge in [0.2, 0.25) is 11.8 Å². The summed E-state index contributed by atoms with van der Waals surface area (Å²) >= 11 is 0. The Labute approximate surface area is 151 Å². The number of aryl methyl sites for hydroxylation is 1. The number of amides is 2. The van der Waals surface area contributed by atoms with Crippen LogP contribution in [-0.4, -0.2) is 36.3 Å². The monoisotopic (exact) mass is 342 g/mol. The molecule has 4 heteroatoms. The number of anilines is 1. The number of para-hydroxylation sites is 1. The van der Waals surface area contributed by atoms with Gasteiger partial charge in [-0.15, -0.1) is 0 Å². The molecule has 2 amide bonds. The Balaban J connectivity index is 1.62. The van der Waals surface area contributed by atoms with E-state index in [1.165, 1.54) is 5.56 Å². The first-order valence-electron chi connectivity index (χ1n) is 9.83. The lowest BCUT2D eigenvalue weighted by atomic mass is 9.80. The third-order valence-corrected chi connectivity index (χ3v) is 5.88. The Morgan fingerprint density at radius 3 is 2.36 bits per heavy atom. The van der Waals surface area contributed by atoms with E-state index in [1.54, 1.807) is 0 Å². The molecule has 0 aromatic heterocycles. The molecule has 1 saturated carbocycles. The van der Waals surface area contributed by atoms with Crippen LogP contribution in [0.2, 0.25) is 0 Å². The van der Waals surface area contributed by atoms with Crippen molar-refractivity contribution in [2.45, 2.75) is 52.4 Å². The summed E-state index contributed by atoms with van der Waals surface area (Å²) in [5, 5.41) is 0. The molecule has 0 bridgehead atoms. The molecule has 0 spiro atoms. The number of benzene rings is 1. The van der Waals surface area contributed by atoms with Gasteiger partial charge in [-0.1, -0.05) is 18.2 Å². The van der Waals surface area contributed by atoms with Crippen molar-refractivity contribution in [2.24, 2.45) is 11.8 Å². The molecule has 25 heavy (non-hydrogen) atoms. The Morgan fingerprint density at radius 1 is 1.04 bits per heavy atom. The predicted octanol–water partition coefficient (Wildman–Crippen LogP) is 3.64. The number of rotatable bonds is 4. The van der Waals surface area contributed by atoms with Gasteiger partial charge in [-0.25, -0.2) is 0 Å². The second-order valence-electron chi connectivity index (χ2n) is 7.28. The smallest absolute Gasteiger partial charge is 0.230 e. The fourth-order valence-electron chi connectivity index (χ4n) is 4.36. The third kappa shape index (κ3) is 3.73. The highest BCUT2D eigenvalue weighted by molar-refractivity contribution is 5.96. The number of nitrogens with zero attached hydrogens (tertiary/aromatic N) is 2. The van der Waals surface area contributed by atoms with E-state index in [-0.39, 0.29) is 23.7 Å². The number of hydrogen-bond acceptors (Lipinski definition) is 2. The van der Waals surface area contributed by atoms with Gasteiger partial charge in [-0.05, 0) is 64.0 Å². The average Bonchev–Trinajstić information content (AvgIpc) is 2.68. The highest BCUT2D eigenvalue weighted by Crippen LogP contribution is 2.34. The fraction of sp³-hybridized carbons (Fsp3) is 0.619. The van der Waals surface area contributed by atoms with Crippen LogP contribution in [0.5, 0.6) is 0 Å². The molecule has 2 aliphatic rings. The summed E-state index contributed by atoms with van der Waals surface area (Å²) in [6.45, 7) is 6.44. The van der Waals surface area contributed by atoms with E-state index in [9.17, 15) is 9.59 Å². The zero-order valence-electron chi connectivity index (χ0n) is 15.5. The molecular weight excluding hydrogens is 312 g/mol. The van der Waals surface area contributed by atoms with E-state index in [1.807, 2.05) is 29.7 Å². The van der Waals surface area contributed by atoms with Crippen LogP contribution in [0.1, 0.15) is 51.5 Å². The van der Waals surface area contributed by atoms with Gasteiger partial charge in [-0.3, -0.25) is 9.59 Å². The second kappa shape index (κ2) is 8.03. The summed E-state index contributed by atoms with van der Waals surface area (Å²) in [6, 6.07) is 8.28. The van der Waals surface area contributed by atoms with E-state index in [0.29, 0.717) is 0 Å². The van der Waals surface area contributed by atoms with Gasteiger partial charge in [0.05, 0.1) is 0 Å². The lowest BCUT2D eigenvalue weighted by Gasteiger charge is -2.35. The van der Waals surface area contributed by atoms with Gasteiger partial charge < -0.3 is 9.80 Å². The van der Waals surface area contributed by atoms with Gasteiger partial charge >= 0.3 is 0 Å². The van der Waals surface area contributed by atoms with Crippen LogP contribution in [0, 0.1) is 11.8 Å². The molecule has 136 valence electrons. The number of fused-ring (bicyclic) bond motifs is 1. The molecule has 0 unspecified atom stereocenters. The van der Waals surface area contributed by atoms with Crippen LogP contribution >= 0.6 is 0 Å². The van der Waals surface area contributed by atoms with Gasteiger partial charge in [0.25, 0.3) is 0 Å². The second-order valence-corrected chi connectivity index (χ2v) is 7.28. The maximum absolute atomic E-state index is 13.1. The molecule has 0 atom stereocenters. The van der Waals surface area contributed by atoms with Crippen LogP contribution in [0.15, 0.2) is 24.3 Å². The number of carbonyl (C=O) groups is 2. The SMILES string of the molecule is CCN(CC)C(=O)C1CCC(C(=O)N2CCCc3ccccc32)CC1. The Kier molecular flexibility index (Phi) is 5.77. The zero-order valence-corrected chi connectivity index (χ0v) is 15.5. The minimum atomic E-state index is 0.0758. The maximum atomic E-state index is 13.1. The number of hydrogen-bond donors (Lipinski definition) is 0. The Morgan fingerprint density at radius 2 is 1.68 bits per heavy atom. The molecule has 0 N–H and O–H groups in total. The molecule has 1 aliphatic carbocycles. The van der Waals surface area contributed by atoms with Crippen molar-refractivity contribution in [3.63, 3.8) is 0 Å². The Bertz CT molecular complexity index is 616. The third-order valence-electron chi connectivity index (χ3n) is 5.88. The standard InChI is InChI=1S/C21H30N2O2/c1-3-22(4-2)20(24)17-11-13-18(14-12-17)21(25)23-15-7-9-16-8-5-6-10-19(16)23/h5-6,8,10,17-18H,3-4,7,9,11-15H2,1-2H3. The van der Waals surface area contributed by atoms with Crippen molar-refractivity contribution in [3.8, 4) is 0 Å². The van der Waals surface area contributed by atoms with E-state index >= 15 is 0 Å². The van der Waals surface area contributed by atoms with Gasteiger partial charge in [0.1, 0.15) is 0 Å². The van der Waals surface area contributed by atoms with Crippen LogP contribution in [-0.2, 0) is 16.0 Å². The van der Waals surface area contributed by atoms with E-state index in [0.717, 1.165) is 63.8 Å². The van der Waals surface area contributed by atoms with Crippen molar-refractivity contribution in [1.29, 1.82) is 0 Å². The van der Waals surface area contributed by atoms with Crippen molar-refractivity contribution in [3.05, 3.63) is 29.8 Å². The van der Waals surface area contributed by atoms with E-state index in [2.05, 4.69) is 18.2 Å². The number of carbonyl (C=O) groups excluding carboxylic acids is 2. The van der Waals surface area contributed by atoms with E-state index < -0.39 is 0 Å². The van der Waals surface area contributed by atoms with E-state index in [4.69, 9.17) is 0 Å². The van der Waals surface area contributed by atoms with Gasteiger partial charge in [0.15, 0.2) is 0 Å². The molecule has 3 rings (SSSR count). The maximum Gasteiger partial charge on any atom is 0.230 e. The molecule has 1 heterocycles. The van der Waals surface area contributed by atoms with Crippen LogP contribution in [0.25, 0.3) is 0 Å². The minimum absolute atomic E-state index is 0.0758. The largest absolute Gasteiger partial charge is 0.343 e. The van der Waals surface area contributed by atoms with Crippen molar-refractivity contribution in [1.82, 2.24) is 4.90 Å². The first-order valence-corrected chi connectivity index (χ1v) is 9.83. The molecular formula is C21H30N2O2. The quantitative estimate of drug-likeness (QED) is 0.838. The minimum Gasteiger partial charge on any atom is -0.343 e. The van der Waals surface area contributed by atoms with Gasteiger partial charge in [0, 0.05) is 37.2 Å². The highest BCUT2D eigenvalue weighted by Gasteiger charge is 2.34. The zero-order chi connectivity index (χ0) is 17.8. The lowest BCUT2D eigenvalue weighted by molar-refractivity contribution is -0.137. The summed E-state index contributed by atoms with van der Waals surface area (Å²) in [5.74, 6) is 0.726. The van der Waals surface area contributed by atoms with Gasteiger partial charge in [-0.2, -0.15) is 0 Å². The molecule has 4 nitrogen and oxygen atoms in total. The molecule has 1 fully saturated rings. The van der Waals surface area contributed by atoms with Crippen LogP contribution < -0.4 is 4.90 Å². The average molecular weight is 342 g/mol. The summed E-state index contributed by atoms with van der Waals surface area (Å²) in [5.41, 5.74) is 2.38. The molecule has 1 aromatic rings. The summed E-state index contributed by atoms with van der Waals surface area (Å²) < 4.78 is 0. The molecule has 0 radical (unpaired) electrons. The molecule has 1 aromatic carbocycles. The first-order chi connectivity index (χ1) is 12.2. The van der Waals surface area contributed by atoms with Crippen LogP contribution in [0.4, 0.5) is 5.69 Å². The van der Waals surface area contributed by atoms with Crippen molar-refractivity contribution >= 4 is 17.5 Å². The van der Waals surface area contributed by atoms with Crippen molar-refractivity contribution < 1.29 is 9.59 Å². The Hall–Kier alpha value is -1.84. The topological polar surface area (TPSA) is 40.6 Å². The predicted molar refractivity (Wildman–Crippen MR) is 100 cm³/mol. The molecule has 0 saturated heterocycles. The van der Waals surface area contributed by atoms with Crippen LogP contribution in [0.3, 0.4) is 0 Å². The first kappa shape index (κ1) is 18.0. The fourth-order valence-corrected chi connectivity index (χ4v) is 4.36. The normalized spacial score (nSPS) is 23.0. The summed E-state index contributed by atoms with van der Waals surface area (Å²) in [7, 11) is 0. The molecule has 1 aliphatic heterocycles. The lowest BCUT2D eigenvalue weighted by Crippen LogP contribution is -2.42.